The van der Waals surface area contributed by atoms with Crippen molar-refractivity contribution in [1.29, 1.82) is 0 Å². The molecule has 0 saturated heterocycles. The summed E-state index contributed by atoms with van der Waals surface area (Å²) < 4.78 is 0. The van der Waals surface area contributed by atoms with E-state index < -0.39 is 0 Å². The average Bonchev–Trinajstić information content (AvgIpc) is 2.80. The van der Waals surface area contributed by atoms with Gasteiger partial charge in [-0.15, -0.1) is 0 Å². The first kappa shape index (κ1) is 13.5. The van der Waals surface area contributed by atoms with Crippen molar-refractivity contribution in [2.45, 2.75) is 20.3 Å². The molecule has 1 atom stereocenters. The number of nitrogens with one attached hydrogen (secondary N) is 1. The third kappa shape index (κ3) is 2.89. The van der Waals surface area contributed by atoms with Crippen LogP contribution in [0.2, 0.25) is 0 Å². The average molecular weight is 259 g/mol. The van der Waals surface area contributed by atoms with E-state index in [1.807, 2.05) is 31.3 Å². The Bertz CT molecular complexity index is 588. The topological polar surface area (TPSA) is 62.1 Å². The number of fused-ring (bicyclic) bond motifs is 1. The van der Waals surface area contributed by atoms with E-state index in [1.165, 1.54) is 0 Å². The molecule has 0 aliphatic rings. The minimum absolute atomic E-state index is 0.0232. The lowest BCUT2D eigenvalue weighted by Gasteiger charge is -2.20. The van der Waals surface area contributed by atoms with E-state index in [0.29, 0.717) is 17.3 Å². The summed E-state index contributed by atoms with van der Waals surface area (Å²) >= 11 is 0. The SMILES string of the molecule is CCC(C)CN(C)C(=O)c1cc2cc(N)ccc2[nH]1. The third-order valence-corrected chi connectivity index (χ3v) is 3.50. The minimum atomic E-state index is 0.0232. The molecule has 0 bridgehead atoms. The van der Waals surface area contributed by atoms with Crippen LogP contribution in [0.3, 0.4) is 0 Å². The summed E-state index contributed by atoms with van der Waals surface area (Å²) in [7, 11) is 1.84. The standard InChI is InChI=1S/C15H21N3O/c1-4-10(2)9-18(3)15(19)14-8-11-7-12(16)5-6-13(11)17-14/h5-8,10,17H,4,9,16H2,1-3H3. The number of H-pyrrole nitrogens is 1. The predicted molar refractivity (Wildman–Crippen MR) is 79.1 cm³/mol. The van der Waals surface area contributed by atoms with Gasteiger partial charge in [0.1, 0.15) is 5.69 Å². The Balaban J connectivity index is 2.21. The molecule has 3 N–H and O–H groups in total. The maximum atomic E-state index is 12.3. The van der Waals surface area contributed by atoms with E-state index in [4.69, 9.17) is 5.73 Å². The van der Waals surface area contributed by atoms with E-state index in [-0.39, 0.29) is 5.91 Å². The number of nitrogen functional groups attached to an aromatic ring is 1. The molecule has 4 heteroatoms. The molecule has 1 aromatic carbocycles. The van der Waals surface area contributed by atoms with Crippen LogP contribution in [0.1, 0.15) is 30.8 Å². The number of nitrogens with zero attached hydrogens (tertiary/aromatic N) is 1. The molecule has 2 rings (SSSR count). The van der Waals surface area contributed by atoms with Crippen LogP contribution in [0.15, 0.2) is 24.3 Å². The summed E-state index contributed by atoms with van der Waals surface area (Å²) in [5, 5.41) is 0.972. The van der Waals surface area contributed by atoms with Gasteiger partial charge in [-0.25, -0.2) is 0 Å². The smallest absolute Gasteiger partial charge is 0.270 e. The number of carbonyl (C=O) groups is 1. The highest BCUT2D eigenvalue weighted by Crippen LogP contribution is 2.19. The molecule has 1 heterocycles. The second-order valence-corrected chi connectivity index (χ2v) is 5.23. The van der Waals surface area contributed by atoms with Crippen molar-refractivity contribution in [3.05, 3.63) is 30.0 Å². The fourth-order valence-corrected chi connectivity index (χ4v) is 2.15. The molecule has 1 unspecified atom stereocenters. The number of anilines is 1. The number of hydrogen-bond donors (Lipinski definition) is 2. The van der Waals surface area contributed by atoms with Crippen molar-refractivity contribution < 1.29 is 4.79 Å². The summed E-state index contributed by atoms with van der Waals surface area (Å²) in [5.74, 6) is 0.532. The Morgan fingerprint density at radius 2 is 2.16 bits per heavy atom. The predicted octanol–water partition coefficient (Wildman–Crippen LogP) is 2.87. The number of amides is 1. The summed E-state index contributed by atoms with van der Waals surface area (Å²) in [6.07, 6.45) is 1.07. The van der Waals surface area contributed by atoms with E-state index in [9.17, 15) is 4.79 Å². The number of nitrogens with two attached hydrogens (primary N) is 1. The molecular weight excluding hydrogens is 238 g/mol. The zero-order chi connectivity index (χ0) is 14.0. The van der Waals surface area contributed by atoms with Crippen LogP contribution < -0.4 is 5.73 Å². The van der Waals surface area contributed by atoms with Crippen LogP contribution in [-0.4, -0.2) is 29.4 Å². The Hall–Kier alpha value is -1.97. The molecule has 0 fully saturated rings. The summed E-state index contributed by atoms with van der Waals surface area (Å²) in [4.78, 5) is 17.2. The maximum Gasteiger partial charge on any atom is 0.270 e. The molecule has 0 radical (unpaired) electrons. The maximum absolute atomic E-state index is 12.3. The van der Waals surface area contributed by atoms with E-state index >= 15 is 0 Å². The molecule has 102 valence electrons. The second-order valence-electron chi connectivity index (χ2n) is 5.23. The number of aromatic nitrogens is 1. The first-order chi connectivity index (χ1) is 9.01. The monoisotopic (exact) mass is 259 g/mol. The van der Waals surface area contributed by atoms with Gasteiger partial charge in [0.2, 0.25) is 0 Å². The Kier molecular flexibility index (Phi) is 3.79. The number of aromatic amines is 1. The lowest BCUT2D eigenvalue weighted by atomic mass is 10.1. The van der Waals surface area contributed by atoms with Gasteiger partial charge in [-0.2, -0.15) is 0 Å². The highest BCUT2D eigenvalue weighted by atomic mass is 16.2. The van der Waals surface area contributed by atoms with Crippen molar-refractivity contribution in [3.8, 4) is 0 Å². The zero-order valence-electron chi connectivity index (χ0n) is 11.7. The quantitative estimate of drug-likeness (QED) is 0.829. The lowest BCUT2D eigenvalue weighted by Crippen LogP contribution is -2.31. The molecule has 19 heavy (non-hydrogen) atoms. The molecule has 1 aromatic heterocycles. The second kappa shape index (κ2) is 5.34. The van der Waals surface area contributed by atoms with Crippen LogP contribution in [0.4, 0.5) is 5.69 Å². The van der Waals surface area contributed by atoms with Gasteiger partial charge in [0, 0.05) is 30.2 Å². The number of benzene rings is 1. The Morgan fingerprint density at radius 1 is 1.42 bits per heavy atom. The normalized spacial score (nSPS) is 12.6. The fraction of sp³-hybridized carbons (Fsp3) is 0.400. The Labute approximate surface area is 113 Å². The van der Waals surface area contributed by atoms with Gasteiger partial charge in [-0.05, 0) is 30.2 Å². The number of carbonyl (C=O) groups excluding carboxylic acids is 1. The highest BCUT2D eigenvalue weighted by Gasteiger charge is 2.15. The molecule has 1 amide bonds. The molecular formula is C15H21N3O. The van der Waals surface area contributed by atoms with Crippen LogP contribution >= 0.6 is 0 Å². The summed E-state index contributed by atoms with van der Waals surface area (Å²) in [5.41, 5.74) is 8.01. The third-order valence-electron chi connectivity index (χ3n) is 3.50. The Morgan fingerprint density at radius 3 is 2.84 bits per heavy atom. The summed E-state index contributed by atoms with van der Waals surface area (Å²) in [6.45, 7) is 5.05. The van der Waals surface area contributed by atoms with E-state index in [0.717, 1.165) is 23.9 Å². The molecule has 2 aromatic rings. The van der Waals surface area contributed by atoms with Crippen molar-refractivity contribution >= 4 is 22.5 Å². The lowest BCUT2D eigenvalue weighted by molar-refractivity contribution is 0.0770. The summed E-state index contributed by atoms with van der Waals surface area (Å²) in [6, 6.07) is 7.46. The van der Waals surface area contributed by atoms with Crippen LogP contribution in [0, 0.1) is 5.92 Å². The van der Waals surface area contributed by atoms with Gasteiger partial charge < -0.3 is 15.6 Å². The van der Waals surface area contributed by atoms with E-state index in [1.54, 1.807) is 4.90 Å². The number of hydrogen-bond acceptors (Lipinski definition) is 2. The minimum Gasteiger partial charge on any atom is -0.399 e. The first-order valence-electron chi connectivity index (χ1n) is 6.65. The van der Waals surface area contributed by atoms with Crippen molar-refractivity contribution in [3.63, 3.8) is 0 Å². The fourth-order valence-electron chi connectivity index (χ4n) is 2.15. The van der Waals surface area contributed by atoms with Crippen molar-refractivity contribution in [2.75, 3.05) is 19.3 Å². The zero-order valence-corrected chi connectivity index (χ0v) is 11.7. The molecule has 0 aliphatic heterocycles. The van der Waals surface area contributed by atoms with Gasteiger partial charge >= 0.3 is 0 Å². The van der Waals surface area contributed by atoms with Gasteiger partial charge in [-0.3, -0.25) is 4.79 Å². The first-order valence-corrected chi connectivity index (χ1v) is 6.65. The van der Waals surface area contributed by atoms with Crippen LogP contribution in [-0.2, 0) is 0 Å². The van der Waals surface area contributed by atoms with E-state index in [2.05, 4.69) is 18.8 Å². The van der Waals surface area contributed by atoms with Gasteiger partial charge in [0.25, 0.3) is 5.91 Å². The molecule has 0 saturated carbocycles. The van der Waals surface area contributed by atoms with Gasteiger partial charge in [-0.1, -0.05) is 20.3 Å². The number of rotatable bonds is 4. The molecule has 4 nitrogen and oxygen atoms in total. The largest absolute Gasteiger partial charge is 0.399 e. The van der Waals surface area contributed by atoms with Gasteiger partial charge in [0.05, 0.1) is 0 Å². The van der Waals surface area contributed by atoms with Crippen molar-refractivity contribution in [2.24, 2.45) is 5.92 Å². The van der Waals surface area contributed by atoms with Crippen LogP contribution in [0.25, 0.3) is 10.9 Å². The van der Waals surface area contributed by atoms with Gasteiger partial charge in [0.15, 0.2) is 0 Å². The molecule has 0 spiro atoms. The van der Waals surface area contributed by atoms with Crippen molar-refractivity contribution in [1.82, 2.24) is 9.88 Å². The highest BCUT2D eigenvalue weighted by molar-refractivity contribution is 5.98. The molecule has 0 aliphatic carbocycles. The van der Waals surface area contributed by atoms with Crippen LogP contribution in [0.5, 0.6) is 0 Å².